The molecule has 206 valence electrons. The van der Waals surface area contributed by atoms with Gasteiger partial charge in [0.25, 0.3) is 0 Å². The summed E-state index contributed by atoms with van der Waals surface area (Å²) < 4.78 is 0. The molecule has 0 bridgehead atoms. The fraction of sp³-hybridized carbons (Fsp3) is 0.407. The molecule has 0 saturated heterocycles. The number of amides is 3. The molecule has 0 aliphatic heterocycles. The van der Waals surface area contributed by atoms with Crippen LogP contribution >= 0.6 is 0 Å². The highest BCUT2D eigenvalue weighted by Crippen LogP contribution is 2.12. The minimum absolute atomic E-state index is 0.0245. The van der Waals surface area contributed by atoms with Crippen molar-refractivity contribution in [1.29, 1.82) is 0 Å². The zero-order valence-corrected chi connectivity index (χ0v) is 21.6. The number of phenolic OH excluding ortho intramolecular Hbond substituents is 1. The molecule has 11 heteroatoms. The lowest BCUT2D eigenvalue weighted by Crippen LogP contribution is -2.59. The minimum Gasteiger partial charge on any atom is -0.508 e. The van der Waals surface area contributed by atoms with Crippen LogP contribution in [0, 0.1) is 5.92 Å². The van der Waals surface area contributed by atoms with E-state index in [1.165, 1.54) is 19.1 Å². The lowest BCUT2D eigenvalue weighted by Gasteiger charge is -2.27. The number of nitrogens with two attached hydrogens (primary N) is 1. The topological polar surface area (TPSA) is 191 Å². The number of aliphatic carboxylic acids is 1. The average Bonchev–Trinajstić information content (AvgIpc) is 2.87. The smallest absolute Gasteiger partial charge is 0.326 e. The lowest BCUT2D eigenvalue weighted by molar-refractivity contribution is -0.142. The SMILES string of the molecule is CC(C)C(NC(=O)C(N)C(C)O)C(=O)NC(Cc1ccccc1)C(=O)NC(Cc1ccc(O)cc1)C(=O)O. The summed E-state index contributed by atoms with van der Waals surface area (Å²) in [6.07, 6.45) is -1.12. The van der Waals surface area contributed by atoms with Crippen molar-refractivity contribution in [3.63, 3.8) is 0 Å². The molecule has 0 spiro atoms. The molecule has 0 heterocycles. The number of nitrogens with one attached hydrogen (secondary N) is 3. The number of aromatic hydroxyl groups is 1. The largest absolute Gasteiger partial charge is 0.508 e. The third-order valence-corrected chi connectivity index (χ3v) is 5.98. The third kappa shape index (κ3) is 9.16. The van der Waals surface area contributed by atoms with Gasteiger partial charge in [-0.2, -0.15) is 0 Å². The number of carbonyl (C=O) groups excluding carboxylic acids is 3. The average molecular weight is 529 g/mol. The van der Waals surface area contributed by atoms with Crippen molar-refractivity contribution < 1.29 is 34.5 Å². The zero-order chi connectivity index (χ0) is 28.4. The van der Waals surface area contributed by atoms with Gasteiger partial charge < -0.3 is 37.0 Å². The van der Waals surface area contributed by atoms with Gasteiger partial charge in [0.15, 0.2) is 0 Å². The number of benzene rings is 2. The van der Waals surface area contributed by atoms with E-state index >= 15 is 0 Å². The van der Waals surface area contributed by atoms with Crippen LogP contribution in [-0.4, -0.2) is 69.3 Å². The van der Waals surface area contributed by atoms with Crippen LogP contribution in [0.3, 0.4) is 0 Å². The van der Waals surface area contributed by atoms with Gasteiger partial charge in [0.1, 0.15) is 29.9 Å². The summed E-state index contributed by atoms with van der Waals surface area (Å²) in [5.41, 5.74) is 6.99. The maximum atomic E-state index is 13.3. The van der Waals surface area contributed by atoms with Crippen LogP contribution in [0.5, 0.6) is 5.75 Å². The Morgan fingerprint density at radius 2 is 1.29 bits per heavy atom. The highest BCUT2D eigenvalue weighted by atomic mass is 16.4. The number of carboxylic acid groups (broad SMARTS) is 1. The Kier molecular flexibility index (Phi) is 11.2. The second-order valence-corrected chi connectivity index (χ2v) is 9.52. The van der Waals surface area contributed by atoms with E-state index in [0.29, 0.717) is 5.56 Å². The summed E-state index contributed by atoms with van der Waals surface area (Å²) in [6.45, 7) is 4.75. The van der Waals surface area contributed by atoms with Crippen molar-refractivity contribution in [2.75, 3.05) is 0 Å². The molecule has 0 saturated carbocycles. The maximum absolute atomic E-state index is 13.3. The van der Waals surface area contributed by atoms with Crippen molar-refractivity contribution in [1.82, 2.24) is 16.0 Å². The van der Waals surface area contributed by atoms with Crippen LogP contribution in [-0.2, 0) is 32.0 Å². The molecule has 0 radical (unpaired) electrons. The molecule has 5 atom stereocenters. The molecule has 0 fully saturated rings. The van der Waals surface area contributed by atoms with Gasteiger partial charge in [-0.25, -0.2) is 4.79 Å². The molecule has 2 aromatic rings. The Labute approximate surface area is 221 Å². The second kappa shape index (κ2) is 14.1. The Hall–Kier alpha value is -3.96. The minimum atomic E-state index is -1.30. The van der Waals surface area contributed by atoms with E-state index in [2.05, 4.69) is 16.0 Å². The Morgan fingerprint density at radius 1 is 0.763 bits per heavy atom. The molecule has 0 aromatic heterocycles. The maximum Gasteiger partial charge on any atom is 0.326 e. The van der Waals surface area contributed by atoms with E-state index in [1.54, 1.807) is 56.3 Å². The van der Waals surface area contributed by atoms with Gasteiger partial charge in [0, 0.05) is 12.8 Å². The first-order valence-electron chi connectivity index (χ1n) is 12.3. The third-order valence-electron chi connectivity index (χ3n) is 5.98. The molecule has 0 aliphatic rings. The molecule has 3 amide bonds. The number of aliphatic hydroxyl groups excluding tert-OH is 1. The van der Waals surface area contributed by atoms with E-state index in [1.807, 2.05) is 0 Å². The van der Waals surface area contributed by atoms with Gasteiger partial charge >= 0.3 is 5.97 Å². The summed E-state index contributed by atoms with van der Waals surface area (Å²) in [7, 11) is 0. The molecule has 0 aliphatic carbocycles. The predicted octanol–water partition coefficient (Wildman–Crippen LogP) is 0.0805. The molecule has 8 N–H and O–H groups in total. The molecular weight excluding hydrogens is 492 g/mol. The van der Waals surface area contributed by atoms with Crippen LogP contribution in [0.25, 0.3) is 0 Å². The quantitative estimate of drug-likeness (QED) is 0.190. The highest BCUT2D eigenvalue weighted by molar-refractivity contribution is 5.94. The molecular formula is C27H36N4O7. The monoisotopic (exact) mass is 528 g/mol. The van der Waals surface area contributed by atoms with Crippen LogP contribution in [0.15, 0.2) is 54.6 Å². The van der Waals surface area contributed by atoms with Crippen molar-refractivity contribution in [3.05, 3.63) is 65.7 Å². The number of carboxylic acids is 1. The number of aliphatic hydroxyl groups is 1. The standard InChI is InChI=1S/C27H36N4O7/c1-15(2)23(31-25(35)22(28)16(3)32)26(36)29-20(13-17-7-5-4-6-8-17)24(34)30-21(27(37)38)14-18-9-11-19(33)12-10-18/h4-12,15-16,20-23,32-33H,13-14,28H2,1-3H3,(H,29,36)(H,30,34)(H,31,35)(H,37,38). The summed E-state index contributed by atoms with van der Waals surface area (Å²) in [5.74, 6) is -3.73. The van der Waals surface area contributed by atoms with Gasteiger partial charge in [-0.05, 0) is 36.1 Å². The van der Waals surface area contributed by atoms with Crippen molar-refractivity contribution in [3.8, 4) is 5.75 Å². The summed E-state index contributed by atoms with van der Waals surface area (Å²) in [5, 5.41) is 36.4. The summed E-state index contributed by atoms with van der Waals surface area (Å²) >= 11 is 0. The van der Waals surface area contributed by atoms with Gasteiger partial charge in [0.2, 0.25) is 17.7 Å². The fourth-order valence-corrected chi connectivity index (χ4v) is 3.66. The van der Waals surface area contributed by atoms with E-state index in [4.69, 9.17) is 5.73 Å². The summed E-state index contributed by atoms with van der Waals surface area (Å²) in [6, 6.07) is 10.0. The van der Waals surface area contributed by atoms with Crippen molar-refractivity contribution in [2.45, 2.75) is 63.9 Å². The van der Waals surface area contributed by atoms with Gasteiger partial charge in [-0.3, -0.25) is 14.4 Å². The molecule has 2 aromatic carbocycles. The normalized spacial score (nSPS) is 15.0. The molecule has 38 heavy (non-hydrogen) atoms. The van der Waals surface area contributed by atoms with Crippen molar-refractivity contribution in [2.24, 2.45) is 11.7 Å². The highest BCUT2D eigenvalue weighted by Gasteiger charge is 2.32. The summed E-state index contributed by atoms with van der Waals surface area (Å²) in [4.78, 5) is 50.8. The molecule has 5 unspecified atom stereocenters. The first-order valence-corrected chi connectivity index (χ1v) is 12.3. The van der Waals surface area contributed by atoms with Crippen LogP contribution in [0.2, 0.25) is 0 Å². The Balaban J connectivity index is 2.24. The number of phenols is 1. The Bertz CT molecular complexity index is 1090. The zero-order valence-electron chi connectivity index (χ0n) is 21.6. The van der Waals surface area contributed by atoms with Gasteiger partial charge in [-0.15, -0.1) is 0 Å². The van der Waals surface area contributed by atoms with Crippen LogP contribution in [0.1, 0.15) is 31.9 Å². The number of hydrogen-bond donors (Lipinski definition) is 7. The first kappa shape index (κ1) is 30.3. The van der Waals surface area contributed by atoms with Gasteiger partial charge in [0.05, 0.1) is 6.10 Å². The molecule has 11 nitrogen and oxygen atoms in total. The molecule has 2 rings (SSSR count). The fourth-order valence-electron chi connectivity index (χ4n) is 3.66. The Morgan fingerprint density at radius 3 is 1.82 bits per heavy atom. The second-order valence-electron chi connectivity index (χ2n) is 9.52. The van der Waals surface area contributed by atoms with Crippen molar-refractivity contribution >= 4 is 23.7 Å². The van der Waals surface area contributed by atoms with E-state index in [-0.39, 0.29) is 24.5 Å². The predicted molar refractivity (Wildman–Crippen MR) is 140 cm³/mol. The van der Waals surface area contributed by atoms with Crippen LogP contribution < -0.4 is 21.7 Å². The number of rotatable bonds is 13. The number of hydrogen-bond acceptors (Lipinski definition) is 7. The van der Waals surface area contributed by atoms with E-state index in [0.717, 1.165) is 5.56 Å². The number of carbonyl (C=O) groups is 4. The van der Waals surface area contributed by atoms with E-state index < -0.39 is 54.0 Å². The lowest BCUT2D eigenvalue weighted by atomic mass is 9.99. The first-order chi connectivity index (χ1) is 17.9. The van der Waals surface area contributed by atoms with Crippen LogP contribution in [0.4, 0.5) is 0 Å². The van der Waals surface area contributed by atoms with Gasteiger partial charge in [-0.1, -0.05) is 56.3 Å². The van der Waals surface area contributed by atoms with E-state index in [9.17, 15) is 34.5 Å².